The summed E-state index contributed by atoms with van der Waals surface area (Å²) >= 11 is 6.10. The van der Waals surface area contributed by atoms with Gasteiger partial charge in [0.25, 0.3) is 0 Å². The number of nitrogens with one attached hydrogen (secondary N) is 1. The van der Waals surface area contributed by atoms with Gasteiger partial charge in [0.05, 0.1) is 17.6 Å². The van der Waals surface area contributed by atoms with E-state index in [-0.39, 0.29) is 11.8 Å². The average Bonchev–Trinajstić information content (AvgIpc) is 3.12. The maximum atomic E-state index is 12.2. The van der Waals surface area contributed by atoms with E-state index in [9.17, 15) is 4.79 Å². The average molecular weight is 442 g/mol. The van der Waals surface area contributed by atoms with E-state index >= 15 is 0 Å². The minimum Gasteiger partial charge on any atom is -0.492 e. The van der Waals surface area contributed by atoms with E-state index in [4.69, 9.17) is 21.3 Å². The molecule has 31 heavy (non-hydrogen) atoms. The zero-order valence-electron chi connectivity index (χ0n) is 18.7. The Kier molecular flexibility index (Phi) is 8.35. The summed E-state index contributed by atoms with van der Waals surface area (Å²) in [5, 5.41) is 3.81. The van der Waals surface area contributed by atoms with Gasteiger partial charge in [-0.1, -0.05) is 37.6 Å². The predicted octanol–water partition coefficient (Wildman–Crippen LogP) is 5.56. The summed E-state index contributed by atoms with van der Waals surface area (Å²) in [5.74, 6) is 2.11. The number of rotatable bonds is 11. The molecule has 0 aliphatic carbocycles. The molecule has 0 bridgehead atoms. The molecule has 0 radical (unpaired) electrons. The molecule has 0 unspecified atom stereocenters. The Bertz CT molecular complexity index is 1010. The first kappa shape index (κ1) is 23.1. The molecule has 5 nitrogen and oxygen atoms in total. The zero-order chi connectivity index (χ0) is 22.2. The first-order valence-electron chi connectivity index (χ1n) is 11.1. The molecular formula is C25H32ClN3O2. The molecule has 1 aromatic heterocycles. The number of hydrogen-bond donors (Lipinski definition) is 1. The van der Waals surface area contributed by atoms with Crippen LogP contribution in [0.2, 0.25) is 5.02 Å². The number of imidazole rings is 1. The van der Waals surface area contributed by atoms with Crippen molar-refractivity contribution in [3.63, 3.8) is 0 Å². The van der Waals surface area contributed by atoms with Crippen molar-refractivity contribution in [1.82, 2.24) is 14.9 Å². The third kappa shape index (κ3) is 6.01. The fourth-order valence-electron chi connectivity index (χ4n) is 3.79. The number of fused-ring (bicyclic) bond motifs is 1. The van der Waals surface area contributed by atoms with E-state index in [2.05, 4.69) is 29.8 Å². The molecule has 0 aliphatic rings. The predicted molar refractivity (Wildman–Crippen MR) is 127 cm³/mol. The highest BCUT2D eigenvalue weighted by molar-refractivity contribution is 6.31. The van der Waals surface area contributed by atoms with Gasteiger partial charge in [-0.2, -0.15) is 0 Å². The number of amides is 1. The third-order valence-electron chi connectivity index (χ3n) is 5.68. The number of ether oxygens (including phenoxy) is 1. The first-order chi connectivity index (χ1) is 15.0. The topological polar surface area (TPSA) is 56.2 Å². The Morgan fingerprint density at radius 3 is 2.71 bits per heavy atom. The van der Waals surface area contributed by atoms with Crippen LogP contribution in [0.4, 0.5) is 0 Å². The summed E-state index contributed by atoms with van der Waals surface area (Å²) in [6.45, 7) is 8.00. The van der Waals surface area contributed by atoms with Crippen molar-refractivity contribution in [2.75, 3.05) is 13.2 Å². The Morgan fingerprint density at radius 1 is 1.19 bits per heavy atom. The minimum atomic E-state index is 0.109. The first-order valence-corrected chi connectivity index (χ1v) is 11.5. The van der Waals surface area contributed by atoms with E-state index < -0.39 is 0 Å². The molecule has 0 fully saturated rings. The maximum absolute atomic E-state index is 12.2. The molecule has 1 amide bonds. The van der Waals surface area contributed by atoms with Crippen molar-refractivity contribution in [2.24, 2.45) is 5.92 Å². The lowest BCUT2D eigenvalue weighted by Crippen LogP contribution is -2.31. The SMILES string of the molecule is CCC(CC)C(=O)NCCCc1nc2ccccc2n1CCOc1ccc(Cl)c(C)c1. The fraction of sp³-hybridized carbons (Fsp3) is 0.440. The van der Waals surface area contributed by atoms with Crippen LogP contribution in [0, 0.1) is 12.8 Å². The third-order valence-corrected chi connectivity index (χ3v) is 6.10. The monoisotopic (exact) mass is 441 g/mol. The summed E-state index contributed by atoms with van der Waals surface area (Å²) in [6.07, 6.45) is 3.42. The normalized spacial score (nSPS) is 11.3. The van der Waals surface area contributed by atoms with Crippen LogP contribution in [0.25, 0.3) is 11.0 Å². The highest BCUT2D eigenvalue weighted by Gasteiger charge is 2.14. The van der Waals surface area contributed by atoms with E-state index in [1.54, 1.807) is 0 Å². The van der Waals surface area contributed by atoms with Gasteiger partial charge in [-0.3, -0.25) is 4.79 Å². The number of nitrogens with zero attached hydrogens (tertiary/aromatic N) is 2. The van der Waals surface area contributed by atoms with Crippen LogP contribution in [0.15, 0.2) is 42.5 Å². The second-order valence-electron chi connectivity index (χ2n) is 7.84. The molecule has 0 saturated heterocycles. The molecule has 2 aromatic carbocycles. The summed E-state index contributed by atoms with van der Waals surface area (Å²) in [7, 11) is 0. The molecule has 3 aromatic rings. The standard InChI is InChI=1S/C25H32ClN3O2/c1-4-19(5-2)25(30)27-14-8-11-24-28-22-9-6-7-10-23(22)29(24)15-16-31-20-12-13-21(26)18(3)17-20/h6-7,9-10,12-13,17,19H,4-5,8,11,14-16H2,1-3H3,(H,27,30). The Balaban J connectivity index is 1.61. The van der Waals surface area contributed by atoms with Crippen LogP contribution in [0.1, 0.15) is 44.5 Å². The number of aryl methyl sites for hydroxylation is 2. The van der Waals surface area contributed by atoms with E-state index in [1.807, 2.05) is 43.3 Å². The summed E-state index contributed by atoms with van der Waals surface area (Å²) < 4.78 is 8.19. The quantitative estimate of drug-likeness (QED) is 0.396. The van der Waals surface area contributed by atoms with Gasteiger partial charge in [0.1, 0.15) is 18.2 Å². The van der Waals surface area contributed by atoms with Crippen LogP contribution in [-0.2, 0) is 17.8 Å². The van der Waals surface area contributed by atoms with E-state index in [1.165, 1.54) is 0 Å². The lowest BCUT2D eigenvalue weighted by atomic mass is 10.0. The molecule has 0 spiro atoms. The minimum absolute atomic E-state index is 0.109. The van der Waals surface area contributed by atoms with Crippen LogP contribution >= 0.6 is 11.6 Å². The van der Waals surface area contributed by atoms with Crippen LogP contribution in [0.5, 0.6) is 5.75 Å². The number of carbonyl (C=O) groups is 1. The lowest BCUT2D eigenvalue weighted by Gasteiger charge is -2.13. The van der Waals surface area contributed by atoms with Gasteiger partial charge in [0, 0.05) is 23.9 Å². The van der Waals surface area contributed by atoms with Crippen LogP contribution < -0.4 is 10.1 Å². The van der Waals surface area contributed by atoms with Gasteiger partial charge >= 0.3 is 0 Å². The molecule has 1 N–H and O–H groups in total. The van der Waals surface area contributed by atoms with Gasteiger partial charge < -0.3 is 14.6 Å². The second-order valence-corrected chi connectivity index (χ2v) is 8.24. The van der Waals surface area contributed by atoms with E-state index in [0.717, 1.165) is 58.9 Å². The van der Waals surface area contributed by atoms with Gasteiger partial charge in [-0.05, 0) is 62.1 Å². The fourth-order valence-corrected chi connectivity index (χ4v) is 3.91. The number of halogens is 1. The number of benzene rings is 2. The van der Waals surface area contributed by atoms with Crippen molar-refractivity contribution >= 4 is 28.5 Å². The smallest absolute Gasteiger partial charge is 0.223 e. The van der Waals surface area contributed by atoms with Crippen molar-refractivity contribution in [2.45, 2.75) is 53.0 Å². The molecular weight excluding hydrogens is 410 g/mol. The number of hydrogen-bond acceptors (Lipinski definition) is 3. The number of carbonyl (C=O) groups excluding carboxylic acids is 1. The lowest BCUT2D eigenvalue weighted by molar-refractivity contribution is -0.125. The van der Waals surface area contributed by atoms with Gasteiger partial charge in [-0.25, -0.2) is 4.98 Å². The molecule has 166 valence electrons. The summed E-state index contributed by atoms with van der Waals surface area (Å²) in [5.41, 5.74) is 3.10. The summed E-state index contributed by atoms with van der Waals surface area (Å²) in [4.78, 5) is 17.0. The maximum Gasteiger partial charge on any atom is 0.223 e. The molecule has 0 aliphatic heterocycles. The van der Waals surface area contributed by atoms with Crippen LogP contribution in [0.3, 0.4) is 0 Å². The second kappa shape index (κ2) is 11.2. The zero-order valence-corrected chi connectivity index (χ0v) is 19.4. The highest BCUT2D eigenvalue weighted by Crippen LogP contribution is 2.22. The van der Waals surface area contributed by atoms with Gasteiger partial charge in [0.2, 0.25) is 5.91 Å². The Morgan fingerprint density at radius 2 is 1.97 bits per heavy atom. The number of para-hydroxylation sites is 2. The Hall–Kier alpha value is -2.53. The molecule has 1 heterocycles. The van der Waals surface area contributed by atoms with Crippen molar-refractivity contribution in [1.29, 1.82) is 0 Å². The number of aromatic nitrogens is 2. The van der Waals surface area contributed by atoms with Gasteiger partial charge in [-0.15, -0.1) is 0 Å². The van der Waals surface area contributed by atoms with Crippen molar-refractivity contribution in [3.8, 4) is 5.75 Å². The van der Waals surface area contributed by atoms with Crippen molar-refractivity contribution < 1.29 is 9.53 Å². The van der Waals surface area contributed by atoms with Gasteiger partial charge in [0.15, 0.2) is 0 Å². The van der Waals surface area contributed by atoms with Crippen LogP contribution in [-0.4, -0.2) is 28.6 Å². The highest BCUT2D eigenvalue weighted by atomic mass is 35.5. The molecule has 6 heteroatoms. The molecule has 0 atom stereocenters. The van der Waals surface area contributed by atoms with Crippen molar-refractivity contribution in [3.05, 3.63) is 58.9 Å². The van der Waals surface area contributed by atoms with E-state index in [0.29, 0.717) is 19.7 Å². The molecule has 3 rings (SSSR count). The summed E-state index contributed by atoms with van der Waals surface area (Å²) in [6, 6.07) is 13.9. The Labute approximate surface area is 189 Å². The molecule has 0 saturated carbocycles. The largest absolute Gasteiger partial charge is 0.492 e.